The molecular weight excluding hydrogens is 292 g/mol. The van der Waals surface area contributed by atoms with Crippen LogP contribution in [0.2, 0.25) is 0 Å². The molecule has 0 amide bonds. The van der Waals surface area contributed by atoms with Gasteiger partial charge in [-0.05, 0) is 25.0 Å². The second-order valence-corrected chi connectivity index (χ2v) is 7.20. The van der Waals surface area contributed by atoms with Crippen LogP contribution in [0.5, 0.6) is 11.5 Å². The van der Waals surface area contributed by atoms with E-state index >= 15 is 0 Å². The van der Waals surface area contributed by atoms with E-state index in [0.29, 0.717) is 37.8 Å². The summed E-state index contributed by atoms with van der Waals surface area (Å²) < 4.78 is 38.1. The number of nitrogens with zero attached hydrogens (tertiary/aromatic N) is 1. The third-order valence-corrected chi connectivity index (χ3v) is 5.87. The molecule has 0 saturated carbocycles. The topological polar surface area (TPSA) is 81.9 Å². The minimum absolute atomic E-state index is 0.106. The highest BCUT2D eigenvalue weighted by Gasteiger charge is 2.34. The molecule has 0 aliphatic carbocycles. The lowest BCUT2D eigenvalue weighted by atomic mass is 10.2. The molecule has 2 heterocycles. The maximum atomic E-state index is 12.7. The summed E-state index contributed by atoms with van der Waals surface area (Å²) in [5, 5.41) is 0. The number of sulfonamides is 1. The fraction of sp³-hybridized carbons (Fsp3) is 0.571. The first-order chi connectivity index (χ1) is 10.1. The molecule has 0 bridgehead atoms. The van der Waals surface area contributed by atoms with Crippen molar-refractivity contribution in [3.63, 3.8) is 0 Å². The van der Waals surface area contributed by atoms with E-state index in [1.807, 2.05) is 0 Å². The van der Waals surface area contributed by atoms with E-state index in [2.05, 4.69) is 0 Å². The van der Waals surface area contributed by atoms with Gasteiger partial charge in [0.25, 0.3) is 0 Å². The summed E-state index contributed by atoms with van der Waals surface area (Å²) >= 11 is 0. The maximum absolute atomic E-state index is 12.7. The summed E-state index contributed by atoms with van der Waals surface area (Å²) in [6.45, 7) is 1.99. The van der Waals surface area contributed by atoms with Gasteiger partial charge in [-0.2, -0.15) is 4.31 Å². The van der Waals surface area contributed by atoms with E-state index in [1.54, 1.807) is 18.2 Å². The quantitative estimate of drug-likeness (QED) is 0.899. The van der Waals surface area contributed by atoms with Gasteiger partial charge in [0.05, 0.1) is 18.1 Å². The van der Waals surface area contributed by atoms with Gasteiger partial charge in [0.1, 0.15) is 0 Å². The average molecular weight is 312 g/mol. The first-order valence-corrected chi connectivity index (χ1v) is 8.68. The van der Waals surface area contributed by atoms with Crippen molar-refractivity contribution >= 4 is 10.0 Å². The van der Waals surface area contributed by atoms with Crippen LogP contribution in [0.3, 0.4) is 0 Å². The highest BCUT2D eigenvalue weighted by Crippen LogP contribution is 2.34. The average Bonchev–Trinajstić information content (AvgIpc) is 2.85. The van der Waals surface area contributed by atoms with Gasteiger partial charge in [0.15, 0.2) is 11.5 Å². The Kier molecular flexibility index (Phi) is 4.05. The van der Waals surface area contributed by atoms with Crippen LogP contribution in [0, 0.1) is 0 Å². The van der Waals surface area contributed by atoms with Crippen LogP contribution < -0.4 is 15.2 Å². The molecule has 3 rings (SSSR count). The minimum Gasteiger partial charge on any atom is -0.490 e. The molecule has 0 spiro atoms. The third kappa shape index (κ3) is 2.73. The summed E-state index contributed by atoms with van der Waals surface area (Å²) in [5.41, 5.74) is 5.68. The smallest absolute Gasteiger partial charge is 0.243 e. The van der Waals surface area contributed by atoms with Crippen LogP contribution in [0.4, 0.5) is 0 Å². The number of nitrogens with two attached hydrogens (primary N) is 1. The van der Waals surface area contributed by atoms with Gasteiger partial charge in [-0.1, -0.05) is 0 Å². The van der Waals surface area contributed by atoms with E-state index in [-0.39, 0.29) is 10.9 Å². The number of hydrogen-bond donors (Lipinski definition) is 1. The fourth-order valence-corrected chi connectivity index (χ4v) is 4.52. The van der Waals surface area contributed by atoms with Crippen molar-refractivity contribution in [2.45, 2.75) is 30.2 Å². The molecular formula is C14H20N2O4S. The monoisotopic (exact) mass is 312 g/mol. The summed E-state index contributed by atoms with van der Waals surface area (Å²) in [6, 6.07) is 4.70. The maximum Gasteiger partial charge on any atom is 0.243 e. The number of fused-ring (bicyclic) bond motifs is 1. The van der Waals surface area contributed by atoms with Crippen molar-refractivity contribution in [3.8, 4) is 11.5 Å². The van der Waals surface area contributed by atoms with Crippen LogP contribution in [0.25, 0.3) is 0 Å². The van der Waals surface area contributed by atoms with Gasteiger partial charge in [0, 0.05) is 31.6 Å². The molecule has 7 heteroatoms. The zero-order valence-electron chi connectivity index (χ0n) is 11.8. The molecule has 1 atom stereocenters. The van der Waals surface area contributed by atoms with Gasteiger partial charge >= 0.3 is 0 Å². The summed E-state index contributed by atoms with van der Waals surface area (Å²) in [5.74, 6) is 1.10. The number of benzene rings is 1. The Morgan fingerprint density at radius 1 is 1.19 bits per heavy atom. The van der Waals surface area contributed by atoms with E-state index in [4.69, 9.17) is 15.2 Å². The van der Waals surface area contributed by atoms with Crippen molar-refractivity contribution in [3.05, 3.63) is 18.2 Å². The van der Waals surface area contributed by atoms with Crippen molar-refractivity contribution in [1.29, 1.82) is 0 Å². The van der Waals surface area contributed by atoms with Gasteiger partial charge in [-0.25, -0.2) is 8.42 Å². The van der Waals surface area contributed by atoms with Gasteiger partial charge in [0.2, 0.25) is 10.0 Å². The van der Waals surface area contributed by atoms with Crippen molar-refractivity contribution in [2.75, 3.05) is 26.3 Å². The molecule has 1 aromatic rings. The molecule has 21 heavy (non-hydrogen) atoms. The predicted octanol–water partition coefficient (Wildman–Crippen LogP) is 0.960. The SMILES string of the molecule is NCC1CCCN1S(=O)(=O)c1ccc2c(c1)OCCCO2. The lowest BCUT2D eigenvalue weighted by Crippen LogP contribution is -2.39. The minimum atomic E-state index is -3.53. The predicted molar refractivity (Wildman–Crippen MR) is 78.0 cm³/mol. The Morgan fingerprint density at radius 3 is 2.71 bits per heavy atom. The Morgan fingerprint density at radius 2 is 1.95 bits per heavy atom. The van der Waals surface area contributed by atoms with Crippen LogP contribution in [-0.2, 0) is 10.0 Å². The van der Waals surface area contributed by atoms with E-state index in [0.717, 1.165) is 19.3 Å². The molecule has 6 nitrogen and oxygen atoms in total. The molecule has 1 unspecified atom stereocenters. The molecule has 116 valence electrons. The first kappa shape index (κ1) is 14.6. The molecule has 1 saturated heterocycles. The lowest BCUT2D eigenvalue weighted by Gasteiger charge is -2.23. The van der Waals surface area contributed by atoms with Crippen LogP contribution in [0.1, 0.15) is 19.3 Å². The highest BCUT2D eigenvalue weighted by atomic mass is 32.2. The summed E-state index contributed by atoms with van der Waals surface area (Å²) in [6.07, 6.45) is 2.46. The second-order valence-electron chi connectivity index (χ2n) is 5.31. The normalized spacial score (nSPS) is 23.0. The van der Waals surface area contributed by atoms with E-state index in [1.165, 1.54) is 4.31 Å². The third-order valence-electron chi connectivity index (χ3n) is 3.92. The lowest BCUT2D eigenvalue weighted by molar-refractivity contribution is 0.296. The second kappa shape index (κ2) is 5.82. The van der Waals surface area contributed by atoms with Gasteiger partial charge in [-0.15, -0.1) is 0 Å². The summed E-state index contributed by atoms with van der Waals surface area (Å²) in [4.78, 5) is 0.243. The Labute approximate surface area is 124 Å². The zero-order chi connectivity index (χ0) is 14.9. The largest absolute Gasteiger partial charge is 0.490 e. The zero-order valence-corrected chi connectivity index (χ0v) is 12.6. The number of rotatable bonds is 3. The van der Waals surface area contributed by atoms with Crippen LogP contribution in [0.15, 0.2) is 23.1 Å². The molecule has 0 aromatic heterocycles. The van der Waals surface area contributed by atoms with E-state index < -0.39 is 10.0 Å². The van der Waals surface area contributed by atoms with E-state index in [9.17, 15) is 8.42 Å². The van der Waals surface area contributed by atoms with Crippen LogP contribution in [-0.4, -0.2) is 45.1 Å². The Bertz CT molecular complexity index is 617. The summed E-state index contributed by atoms with van der Waals surface area (Å²) in [7, 11) is -3.53. The Balaban J connectivity index is 1.94. The van der Waals surface area contributed by atoms with Gasteiger partial charge in [-0.3, -0.25) is 0 Å². The van der Waals surface area contributed by atoms with Crippen molar-refractivity contribution in [2.24, 2.45) is 5.73 Å². The van der Waals surface area contributed by atoms with Gasteiger partial charge < -0.3 is 15.2 Å². The molecule has 2 aliphatic heterocycles. The standard InChI is InChI=1S/C14H20N2O4S/c15-10-11-3-1-6-16(11)21(17,18)12-4-5-13-14(9-12)20-8-2-7-19-13/h4-5,9,11H,1-3,6-8,10,15H2. The highest BCUT2D eigenvalue weighted by molar-refractivity contribution is 7.89. The molecule has 2 N–H and O–H groups in total. The van der Waals surface area contributed by atoms with Crippen molar-refractivity contribution < 1.29 is 17.9 Å². The fourth-order valence-electron chi connectivity index (χ4n) is 2.80. The molecule has 0 radical (unpaired) electrons. The Hall–Kier alpha value is -1.31. The first-order valence-electron chi connectivity index (χ1n) is 7.24. The molecule has 2 aliphatic rings. The van der Waals surface area contributed by atoms with Crippen molar-refractivity contribution in [1.82, 2.24) is 4.31 Å². The van der Waals surface area contributed by atoms with Crippen LogP contribution >= 0.6 is 0 Å². The number of hydrogen-bond acceptors (Lipinski definition) is 5. The number of ether oxygens (including phenoxy) is 2. The molecule has 1 fully saturated rings. The molecule has 1 aromatic carbocycles.